The zero-order chi connectivity index (χ0) is 29.2. The number of aliphatic hydroxyl groups excluding tert-OH is 1. The molecule has 0 bridgehead atoms. The van der Waals surface area contributed by atoms with Gasteiger partial charge in [0.05, 0.1) is 13.0 Å². The fourth-order valence-electron chi connectivity index (χ4n) is 4.56. The number of likely N-dealkylation sites (N-methyl/N-ethyl adjacent to an activating group) is 1. The molecule has 2 heterocycles. The van der Waals surface area contributed by atoms with Crippen molar-refractivity contribution in [3.05, 3.63) is 78.2 Å². The molecule has 0 radical (unpaired) electrons. The second-order valence-electron chi connectivity index (χ2n) is 9.75. The molecule has 4 N–H and O–H groups in total. The predicted octanol–water partition coefficient (Wildman–Crippen LogP) is 3.92. The van der Waals surface area contributed by atoms with E-state index in [2.05, 4.69) is 38.5 Å². The van der Waals surface area contributed by atoms with Crippen LogP contribution in [0.5, 0.6) is 11.5 Å². The number of urea groups is 1. The van der Waals surface area contributed by atoms with Crippen molar-refractivity contribution in [2.45, 2.75) is 30.8 Å². The average molecular weight is 583 g/mol. The first kappa shape index (κ1) is 30.1. The van der Waals surface area contributed by atoms with E-state index in [0.29, 0.717) is 37.1 Å². The van der Waals surface area contributed by atoms with Gasteiger partial charge >= 0.3 is 6.03 Å². The summed E-state index contributed by atoms with van der Waals surface area (Å²) in [5, 5.41) is 17.6. The van der Waals surface area contributed by atoms with Crippen molar-refractivity contribution in [2.75, 3.05) is 43.9 Å². The minimum Gasteiger partial charge on any atom is -0.454 e. The summed E-state index contributed by atoms with van der Waals surface area (Å²) in [6, 6.07) is 16.8. The van der Waals surface area contributed by atoms with E-state index in [0.717, 1.165) is 18.4 Å². The number of nitrogens with one attached hydrogen (secondary N) is 3. The number of carbonyl (C=O) groups excluding carboxylic acids is 2. The second-order valence-corrected chi connectivity index (χ2v) is 10.3. The number of piperidine rings is 1. The van der Waals surface area contributed by atoms with Crippen LogP contribution in [-0.4, -0.2) is 76.7 Å². The third kappa shape index (κ3) is 9.07. The Hall–Kier alpha value is -3.87. The highest BCUT2D eigenvalue weighted by Gasteiger charge is 2.25. The number of ether oxygens (including phenoxy) is 1. The average Bonchev–Trinajstić information content (AvgIpc) is 2.95. The maximum absolute atomic E-state index is 14.8. The van der Waals surface area contributed by atoms with Gasteiger partial charge in [-0.1, -0.05) is 30.3 Å². The normalized spacial score (nSPS) is 14.4. The van der Waals surface area contributed by atoms with E-state index in [-0.39, 0.29) is 36.5 Å². The fraction of sp³-hybridized carbons (Fsp3) is 0.345. The summed E-state index contributed by atoms with van der Waals surface area (Å²) in [4.78, 5) is 33.0. The minimum absolute atomic E-state index is 0.0167. The molecular formula is C29H35FN6O4S. The maximum atomic E-state index is 14.8. The van der Waals surface area contributed by atoms with Gasteiger partial charge in [-0.15, -0.1) is 12.6 Å². The highest BCUT2D eigenvalue weighted by molar-refractivity contribution is 7.81. The van der Waals surface area contributed by atoms with Crippen LogP contribution < -0.4 is 20.7 Å². The number of benzene rings is 2. The predicted molar refractivity (Wildman–Crippen MR) is 159 cm³/mol. The van der Waals surface area contributed by atoms with Gasteiger partial charge in [0, 0.05) is 49.7 Å². The van der Waals surface area contributed by atoms with Crippen molar-refractivity contribution in [1.29, 1.82) is 0 Å². The number of rotatable bonds is 11. The van der Waals surface area contributed by atoms with Gasteiger partial charge in [-0.25, -0.2) is 14.2 Å². The summed E-state index contributed by atoms with van der Waals surface area (Å²) in [7, 11) is 1.98. The van der Waals surface area contributed by atoms with Crippen LogP contribution in [0.3, 0.4) is 0 Å². The lowest BCUT2D eigenvalue weighted by atomic mass is 10.0. The van der Waals surface area contributed by atoms with Crippen LogP contribution in [-0.2, 0) is 11.2 Å². The molecule has 3 amide bonds. The first-order chi connectivity index (χ1) is 19.8. The number of aromatic nitrogens is 1. The molecule has 1 fully saturated rings. The Bertz CT molecular complexity index is 1310. The Kier molecular flexibility index (Phi) is 10.8. The fourth-order valence-corrected chi connectivity index (χ4v) is 4.85. The maximum Gasteiger partial charge on any atom is 0.323 e. The zero-order valence-corrected chi connectivity index (χ0v) is 23.7. The summed E-state index contributed by atoms with van der Waals surface area (Å²) in [6.45, 7) is 1.91. The Morgan fingerprint density at radius 3 is 2.63 bits per heavy atom. The highest BCUT2D eigenvalue weighted by atomic mass is 32.1. The van der Waals surface area contributed by atoms with E-state index >= 15 is 0 Å². The van der Waals surface area contributed by atoms with E-state index in [1.54, 1.807) is 17.0 Å². The molecule has 1 aliphatic heterocycles. The van der Waals surface area contributed by atoms with E-state index < -0.39 is 11.3 Å². The van der Waals surface area contributed by atoms with Gasteiger partial charge in [-0.3, -0.25) is 10.1 Å². The van der Waals surface area contributed by atoms with Crippen LogP contribution in [0.4, 0.5) is 20.7 Å². The van der Waals surface area contributed by atoms with Crippen molar-refractivity contribution in [3.8, 4) is 11.5 Å². The van der Waals surface area contributed by atoms with Crippen LogP contribution in [0.15, 0.2) is 66.9 Å². The number of halogens is 1. The third-order valence-corrected chi connectivity index (χ3v) is 7.02. The summed E-state index contributed by atoms with van der Waals surface area (Å²) in [6.07, 6.45) is 3.31. The van der Waals surface area contributed by atoms with Gasteiger partial charge in [0.25, 0.3) is 0 Å². The van der Waals surface area contributed by atoms with Crippen LogP contribution in [0.1, 0.15) is 18.4 Å². The topological polar surface area (TPSA) is 119 Å². The first-order valence-electron chi connectivity index (χ1n) is 13.4. The molecule has 2 aromatic carbocycles. The molecule has 1 atom stereocenters. The molecule has 41 heavy (non-hydrogen) atoms. The molecule has 1 saturated heterocycles. The van der Waals surface area contributed by atoms with E-state index in [1.807, 2.05) is 37.4 Å². The van der Waals surface area contributed by atoms with Crippen molar-refractivity contribution < 1.29 is 23.8 Å². The van der Waals surface area contributed by atoms with Gasteiger partial charge in [-0.05, 0) is 43.7 Å². The van der Waals surface area contributed by atoms with Crippen molar-refractivity contribution in [2.24, 2.45) is 0 Å². The molecule has 1 unspecified atom stereocenters. The SMILES string of the molecule is CN(CCO)C1CCN(C(=O)Nc2cc(Oc3ccc(NC(S)NC(=O)Cc4ccccc4)cc3F)ccn2)CC1. The van der Waals surface area contributed by atoms with Gasteiger partial charge in [0.2, 0.25) is 5.91 Å². The van der Waals surface area contributed by atoms with E-state index in [9.17, 15) is 14.0 Å². The number of thiol groups is 1. The summed E-state index contributed by atoms with van der Waals surface area (Å²) >= 11 is 4.33. The molecule has 0 spiro atoms. The number of nitrogens with zero attached hydrogens (tertiary/aromatic N) is 3. The van der Waals surface area contributed by atoms with E-state index in [4.69, 9.17) is 9.84 Å². The molecule has 3 aromatic rings. The number of hydrogen-bond donors (Lipinski definition) is 5. The molecule has 12 heteroatoms. The summed E-state index contributed by atoms with van der Waals surface area (Å²) < 4.78 is 20.5. The van der Waals surface area contributed by atoms with Crippen LogP contribution >= 0.6 is 12.6 Å². The Balaban J connectivity index is 1.27. The molecule has 0 saturated carbocycles. The quantitative estimate of drug-likeness (QED) is 0.172. The number of amides is 3. The lowest BCUT2D eigenvalue weighted by Gasteiger charge is -2.36. The Morgan fingerprint density at radius 1 is 1.17 bits per heavy atom. The van der Waals surface area contributed by atoms with Crippen molar-refractivity contribution >= 4 is 36.1 Å². The zero-order valence-electron chi connectivity index (χ0n) is 22.8. The van der Waals surface area contributed by atoms with Crippen molar-refractivity contribution in [1.82, 2.24) is 20.1 Å². The Labute approximate surface area is 244 Å². The van der Waals surface area contributed by atoms with Gasteiger partial charge in [-0.2, -0.15) is 0 Å². The standard InChI is InChI=1S/C29H35FN6O4S/c1-35(15-16-37)22-10-13-36(14-11-22)29(39)33-26-19-23(9-12-31-26)40-25-8-7-21(18-24(25)30)32-28(41)34-27(38)17-20-5-3-2-4-6-20/h2-9,12,18-19,22,28,32,37,41H,10-11,13-17H2,1H3,(H,34,38)(H,31,33,39). The van der Waals surface area contributed by atoms with Crippen molar-refractivity contribution in [3.63, 3.8) is 0 Å². The van der Waals surface area contributed by atoms with Crippen LogP contribution in [0, 0.1) is 5.82 Å². The number of likely N-dealkylation sites (tertiary alicyclic amines) is 1. The number of aliphatic hydroxyl groups is 1. The molecule has 1 aliphatic rings. The minimum atomic E-state index is -0.726. The lowest BCUT2D eigenvalue weighted by Crippen LogP contribution is -2.47. The van der Waals surface area contributed by atoms with Crippen LogP contribution in [0.2, 0.25) is 0 Å². The monoisotopic (exact) mass is 582 g/mol. The smallest absolute Gasteiger partial charge is 0.323 e. The summed E-state index contributed by atoms with van der Waals surface area (Å²) in [5.74, 6) is -0.270. The highest BCUT2D eigenvalue weighted by Crippen LogP contribution is 2.28. The molecule has 4 rings (SSSR count). The Morgan fingerprint density at radius 2 is 1.93 bits per heavy atom. The number of carbonyl (C=O) groups is 2. The van der Waals surface area contributed by atoms with Gasteiger partial charge in [0.15, 0.2) is 11.6 Å². The molecule has 0 aliphatic carbocycles. The van der Waals surface area contributed by atoms with E-state index in [1.165, 1.54) is 24.4 Å². The molecular weight excluding hydrogens is 547 g/mol. The molecule has 1 aromatic heterocycles. The van der Waals surface area contributed by atoms with Gasteiger partial charge in [0.1, 0.15) is 17.1 Å². The molecule has 10 nitrogen and oxygen atoms in total. The number of pyridine rings is 1. The largest absolute Gasteiger partial charge is 0.454 e. The first-order valence-corrected chi connectivity index (χ1v) is 13.9. The second kappa shape index (κ2) is 14.7. The number of anilines is 2. The third-order valence-electron chi connectivity index (χ3n) is 6.76. The van der Waals surface area contributed by atoms with Gasteiger partial charge < -0.3 is 30.3 Å². The lowest BCUT2D eigenvalue weighted by molar-refractivity contribution is -0.120. The molecule has 218 valence electrons. The number of hydrogen-bond acceptors (Lipinski definition) is 8. The summed E-state index contributed by atoms with van der Waals surface area (Å²) in [5.41, 5.74) is 0.555. The van der Waals surface area contributed by atoms with Crippen LogP contribution in [0.25, 0.3) is 0 Å².